The van der Waals surface area contributed by atoms with Gasteiger partial charge in [-0.05, 0) is 37.9 Å². The fraction of sp³-hybridized carbons (Fsp3) is 0.421. The van der Waals surface area contributed by atoms with Crippen LogP contribution in [0.1, 0.15) is 24.1 Å². The van der Waals surface area contributed by atoms with E-state index in [1.807, 2.05) is 24.6 Å². The summed E-state index contributed by atoms with van der Waals surface area (Å²) in [5.74, 6) is -0.0937. The molecule has 1 aromatic heterocycles. The van der Waals surface area contributed by atoms with Crippen molar-refractivity contribution in [2.45, 2.75) is 32.4 Å². The Hall–Kier alpha value is -2.25. The number of amides is 2. The Morgan fingerprint density at radius 3 is 2.73 bits per heavy atom. The molecular formula is C19H24N4O2S. The molecule has 0 radical (unpaired) electrons. The normalized spacial score (nSPS) is 16.7. The van der Waals surface area contributed by atoms with Gasteiger partial charge in [0.1, 0.15) is 6.04 Å². The van der Waals surface area contributed by atoms with Gasteiger partial charge in [0.05, 0.1) is 22.6 Å². The fourth-order valence-corrected chi connectivity index (χ4v) is 4.06. The summed E-state index contributed by atoms with van der Waals surface area (Å²) >= 11 is 1.63. The maximum atomic E-state index is 12.5. The van der Waals surface area contributed by atoms with Gasteiger partial charge >= 0.3 is 0 Å². The number of hydrogen-bond donors (Lipinski definition) is 2. The van der Waals surface area contributed by atoms with Crippen molar-refractivity contribution < 1.29 is 9.59 Å². The molecule has 6 nitrogen and oxygen atoms in total. The predicted octanol–water partition coefficient (Wildman–Crippen LogP) is 1.95. The third kappa shape index (κ3) is 4.11. The van der Waals surface area contributed by atoms with Crippen molar-refractivity contribution in [3.05, 3.63) is 41.0 Å². The van der Waals surface area contributed by atoms with Crippen molar-refractivity contribution in [3.63, 3.8) is 0 Å². The zero-order valence-electron chi connectivity index (χ0n) is 15.1. The minimum absolute atomic E-state index is 0.0190. The number of likely N-dealkylation sites (tertiary alicyclic amines) is 1. The molecule has 0 spiro atoms. The summed E-state index contributed by atoms with van der Waals surface area (Å²) in [6, 6.07) is 7.80. The highest BCUT2D eigenvalue weighted by Gasteiger charge is 2.33. The molecular weight excluding hydrogens is 348 g/mol. The average Bonchev–Trinajstić information content (AvgIpc) is 3.29. The summed E-state index contributed by atoms with van der Waals surface area (Å²) in [5, 5.41) is 5.83. The summed E-state index contributed by atoms with van der Waals surface area (Å²) in [6.45, 7) is 3.39. The van der Waals surface area contributed by atoms with Gasteiger partial charge in [-0.25, -0.2) is 4.98 Å². The molecule has 2 aromatic rings. The van der Waals surface area contributed by atoms with Crippen LogP contribution in [0.4, 0.5) is 0 Å². The Morgan fingerprint density at radius 1 is 1.31 bits per heavy atom. The van der Waals surface area contributed by atoms with Gasteiger partial charge in [0.15, 0.2) is 0 Å². The number of carbonyl (C=O) groups is 2. The van der Waals surface area contributed by atoms with Crippen LogP contribution in [0, 0.1) is 6.92 Å². The Balaban J connectivity index is 1.57. The van der Waals surface area contributed by atoms with Gasteiger partial charge in [-0.3, -0.25) is 9.59 Å². The van der Waals surface area contributed by atoms with Gasteiger partial charge < -0.3 is 15.5 Å². The predicted molar refractivity (Wildman–Crippen MR) is 103 cm³/mol. The summed E-state index contributed by atoms with van der Waals surface area (Å²) in [4.78, 5) is 31.7. The molecule has 0 aliphatic carbocycles. The molecule has 1 aromatic carbocycles. The molecule has 0 unspecified atom stereocenters. The van der Waals surface area contributed by atoms with E-state index in [4.69, 9.17) is 0 Å². The van der Waals surface area contributed by atoms with Crippen molar-refractivity contribution >= 4 is 23.2 Å². The van der Waals surface area contributed by atoms with Crippen LogP contribution < -0.4 is 10.6 Å². The van der Waals surface area contributed by atoms with E-state index < -0.39 is 0 Å². The van der Waals surface area contributed by atoms with E-state index >= 15 is 0 Å². The van der Waals surface area contributed by atoms with E-state index in [0.29, 0.717) is 13.1 Å². The standard InChI is InChI=1S/C19H24N4O2S/c1-13-18(26-12-22-13)15-7-5-14(6-8-15)10-21-19(25)16-4-3-9-23(16)17(24)11-20-2/h5-8,12,16,20H,3-4,9-11H2,1-2H3,(H,21,25)/t16-/m0/s1. The van der Waals surface area contributed by atoms with Gasteiger partial charge in [0.2, 0.25) is 11.8 Å². The molecule has 7 heteroatoms. The van der Waals surface area contributed by atoms with E-state index in [9.17, 15) is 9.59 Å². The van der Waals surface area contributed by atoms with Crippen molar-refractivity contribution in [2.75, 3.05) is 20.1 Å². The van der Waals surface area contributed by atoms with Crippen LogP contribution in [0.25, 0.3) is 10.4 Å². The lowest BCUT2D eigenvalue weighted by atomic mass is 10.1. The van der Waals surface area contributed by atoms with Crippen LogP contribution >= 0.6 is 11.3 Å². The number of aromatic nitrogens is 1. The number of aryl methyl sites for hydroxylation is 1. The molecule has 3 rings (SSSR count). The summed E-state index contributed by atoms with van der Waals surface area (Å²) in [7, 11) is 1.74. The van der Waals surface area contributed by atoms with Gasteiger partial charge in [-0.2, -0.15) is 0 Å². The smallest absolute Gasteiger partial charge is 0.243 e. The van der Waals surface area contributed by atoms with E-state index in [1.165, 1.54) is 4.88 Å². The van der Waals surface area contributed by atoms with Crippen molar-refractivity contribution in [2.24, 2.45) is 0 Å². The van der Waals surface area contributed by atoms with Crippen LogP contribution in [0.5, 0.6) is 0 Å². The van der Waals surface area contributed by atoms with E-state index in [-0.39, 0.29) is 24.4 Å². The van der Waals surface area contributed by atoms with Crippen LogP contribution in [0.2, 0.25) is 0 Å². The van der Waals surface area contributed by atoms with Crippen LogP contribution in [-0.2, 0) is 16.1 Å². The van der Waals surface area contributed by atoms with Gasteiger partial charge in [0, 0.05) is 13.1 Å². The zero-order chi connectivity index (χ0) is 18.5. The van der Waals surface area contributed by atoms with E-state index in [0.717, 1.165) is 29.7 Å². The van der Waals surface area contributed by atoms with Crippen LogP contribution in [0.3, 0.4) is 0 Å². The molecule has 1 aliphatic rings. The number of likely N-dealkylation sites (N-methyl/N-ethyl adjacent to an activating group) is 1. The second-order valence-electron chi connectivity index (χ2n) is 6.46. The van der Waals surface area contributed by atoms with Crippen molar-refractivity contribution in [1.29, 1.82) is 0 Å². The SMILES string of the molecule is CNCC(=O)N1CCC[C@H]1C(=O)NCc1ccc(-c2scnc2C)cc1. The molecule has 2 heterocycles. The zero-order valence-corrected chi connectivity index (χ0v) is 15.9. The minimum atomic E-state index is -0.352. The largest absolute Gasteiger partial charge is 0.350 e. The third-order valence-corrected chi connectivity index (χ3v) is 5.61. The minimum Gasteiger partial charge on any atom is -0.350 e. The molecule has 1 atom stereocenters. The quantitative estimate of drug-likeness (QED) is 0.813. The van der Waals surface area contributed by atoms with Gasteiger partial charge in [0.25, 0.3) is 0 Å². The highest BCUT2D eigenvalue weighted by Crippen LogP contribution is 2.27. The van der Waals surface area contributed by atoms with E-state index in [1.54, 1.807) is 23.3 Å². The number of thiazole rings is 1. The fourth-order valence-electron chi connectivity index (χ4n) is 3.25. The van der Waals surface area contributed by atoms with Crippen molar-refractivity contribution in [1.82, 2.24) is 20.5 Å². The Bertz CT molecular complexity index is 772. The first-order chi connectivity index (χ1) is 12.6. The third-order valence-electron chi connectivity index (χ3n) is 4.63. The first-order valence-electron chi connectivity index (χ1n) is 8.81. The molecule has 1 saturated heterocycles. The molecule has 1 aliphatic heterocycles. The lowest BCUT2D eigenvalue weighted by Crippen LogP contribution is -2.47. The lowest BCUT2D eigenvalue weighted by Gasteiger charge is -2.24. The second-order valence-corrected chi connectivity index (χ2v) is 7.31. The first kappa shape index (κ1) is 18.5. The highest BCUT2D eigenvalue weighted by molar-refractivity contribution is 7.13. The monoisotopic (exact) mass is 372 g/mol. The molecule has 2 amide bonds. The highest BCUT2D eigenvalue weighted by atomic mass is 32.1. The van der Waals surface area contributed by atoms with Gasteiger partial charge in [-0.15, -0.1) is 11.3 Å². The second kappa shape index (κ2) is 8.42. The molecule has 26 heavy (non-hydrogen) atoms. The Morgan fingerprint density at radius 2 is 2.08 bits per heavy atom. The average molecular weight is 372 g/mol. The number of rotatable bonds is 6. The topological polar surface area (TPSA) is 74.3 Å². The van der Waals surface area contributed by atoms with E-state index in [2.05, 4.69) is 27.8 Å². The summed E-state index contributed by atoms with van der Waals surface area (Å²) in [6.07, 6.45) is 1.60. The molecule has 1 fully saturated rings. The Kier molecular flexibility index (Phi) is 6.00. The maximum Gasteiger partial charge on any atom is 0.243 e. The first-order valence-corrected chi connectivity index (χ1v) is 9.69. The molecule has 0 bridgehead atoms. The Labute approximate surface area is 157 Å². The van der Waals surface area contributed by atoms with Crippen LogP contribution in [-0.4, -0.2) is 47.9 Å². The number of carbonyl (C=O) groups excluding carboxylic acids is 2. The molecule has 0 saturated carbocycles. The number of nitrogens with one attached hydrogen (secondary N) is 2. The number of hydrogen-bond acceptors (Lipinski definition) is 5. The van der Waals surface area contributed by atoms with Crippen molar-refractivity contribution in [3.8, 4) is 10.4 Å². The molecule has 138 valence electrons. The summed E-state index contributed by atoms with van der Waals surface area (Å²) in [5.41, 5.74) is 5.06. The number of nitrogens with zero attached hydrogens (tertiary/aromatic N) is 2. The van der Waals surface area contributed by atoms with Crippen LogP contribution in [0.15, 0.2) is 29.8 Å². The lowest BCUT2D eigenvalue weighted by molar-refractivity contribution is -0.137. The number of benzene rings is 1. The van der Waals surface area contributed by atoms with Gasteiger partial charge in [-0.1, -0.05) is 24.3 Å². The summed E-state index contributed by atoms with van der Waals surface area (Å²) < 4.78 is 0. The maximum absolute atomic E-state index is 12.5. The molecule has 2 N–H and O–H groups in total.